The lowest BCUT2D eigenvalue weighted by atomic mass is 9.98. The number of nitrogens with zero attached hydrogens (tertiary/aromatic N) is 2. The average Bonchev–Trinajstić information content (AvgIpc) is 2.66. The summed E-state index contributed by atoms with van der Waals surface area (Å²) in [7, 11) is 1.51. The Hall–Kier alpha value is -1.47. The Kier molecular flexibility index (Phi) is 5.44. The second-order valence-electron chi connectivity index (χ2n) is 4.67. The minimum Gasteiger partial charge on any atom is -0.396 e. The third-order valence-electron chi connectivity index (χ3n) is 3.07. The van der Waals surface area contributed by atoms with Crippen LogP contribution in [0.3, 0.4) is 0 Å². The minimum absolute atomic E-state index is 0.0949. The SMILES string of the molecule is CN=C(N)/C=C\N(C=O)C1O[C@](C)(CCO)CC1F. The monoisotopic (exact) mass is 273 g/mol. The Morgan fingerprint density at radius 3 is 2.95 bits per heavy atom. The lowest BCUT2D eigenvalue weighted by Gasteiger charge is -2.26. The molecule has 0 aliphatic carbocycles. The molecule has 0 saturated carbocycles. The molecule has 1 amide bonds. The van der Waals surface area contributed by atoms with Crippen LogP contribution < -0.4 is 5.73 Å². The van der Waals surface area contributed by atoms with Gasteiger partial charge in [0.15, 0.2) is 6.23 Å². The summed E-state index contributed by atoms with van der Waals surface area (Å²) in [5.74, 6) is 0.221. The summed E-state index contributed by atoms with van der Waals surface area (Å²) in [6, 6.07) is 0. The number of amides is 1. The summed E-state index contributed by atoms with van der Waals surface area (Å²) in [5, 5.41) is 8.94. The van der Waals surface area contributed by atoms with Crippen molar-refractivity contribution in [3.63, 3.8) is 0 Å². The molecule has 19 heavy (non-hydrogen) atoms. The predicted molar refractivity (Wildman–Crippen MR) is 69.1 cm³/mol. The van der Waals surface area contributed by atoms with Crippen LogP contribution in [0.2, 0.25) is 0 Å². The molecule has 3 N–H and O–H groups in total. The molecule has 1 aliphatic rings. The molecule has 0 spiro atoms. The number of rotatable bonds is 6. The van der Waals surface area contributed by atoms with Crippen molar-refractivity contribution in [2.45, 2.75) is 37.8 Å². The molecular weight excluding hydrogens is 253 g/mol. The van der Waals surface area contributed by atoms with E-state index < -0.39 is 18.0 Å². The van der Waals surface area contributed by atoms with Crippen LogP contribution in [0, 0.1) is 0 Å². The van der Waals surface area contributed by atoms with Crippen LogP contribution in [0.4, 0.5) is 4.39 Å². The number of halogens is 1. The Morgan fingerprint density at radius 1 is 1.74 bits per heavy atom. The lowest BCUT2D eigenvalue weighted by molar-refractivity contribution is -0.136. The lowest BCUT2D eigenvalue weighted by Crippen LogP contribution is -2.37. The van der Waals surface area contributed by atoms with Gasteiger partial charge in [0, 0.05) is 26.3 Å². The highest BCUT2D eigenvalue weighted by Crippen LogP contribution is 2.36. The maximum atomic E-state index is 13.9. The maximum Gasteiger partial charge on any atom is 0.215 e. The normalized spacial score (nSPS) is 31.9. The van der Waals surface area contributed by atoms with Gasteiger partial charge < -0.3 is 15.6 Å². The second-order valence-corrected chi connectivity index (χ2v) is 4.67. The molecule has 7 heteroatoms. The summed E-state index contributed by atoms with van der Waals surface area (Å²) in [4.78, 5) is 15.8. The topological polar surface area (TPSA) is 88.2 Å². The van der Waals surface area contributed by atoms with Gasteiger partial charge in [0.05, 0.1) is 5.60 Å². The summed E-state index contributed by atoms with van der Waals surface area (Å²) in [6.07, 6.45) is 1.33. The fourth-order valence-electron chi connectivity index (χ4n) is 1.99. The van der Waals surface area contributed by atoms with E-state index in [0.29, 0.717) is 12.8 Å². The average molecular weight is 273 g/mol. The van der Waals surface area contributed by atoms with Crippen LogP contribution in [-0.2, 0) is 9.53 Å². The van der Waals surface area contributed by atoms with Gasteiger partial charge in [-0.15, -0.1) is 0 Å². The van der Waals surface area contributed by atoms with E-state index in [4.69, 9.17) is 15.6 Å². The molecule has 1 saturated heterocycles. The van der Waals surface area contributed by atoms with E-state index in [-0.39, 0.29) is 18.9 Å². The van der Waals surface area contributed by atoms with Gasteiger partial charge in [-0.2, -0.15) is 0 Å². The van der Waals surface area contributed by atoms with Gasteiger partial charge in [0.1, 0.15) is 12.0 Å². The van der Waals surface area contributed by atoms with E-state index in [1.807, 2.05) is 0 Å². The highest BCUT2D eigenvalue weighted by atomic mass is 19.1. The van der Waals surface area contributed by atoms with Gasteiger partial charge in [-0.25, -0.2) is 4.39 Å². The van der Waals surface area contributed by atoms with Crippen molar-refractivity contribution >= 4 is 12.2 Å². The molecule has 0 aromatic heterocycles. The number of aliphatic hydroxyl groups is 1. The van der Waals surface area contributed by atoms with Crippen molar-refractivity contribution in [2.75, 3.05) is 13.7 Å². The molecule has 1 heterocycles. The third-order valence-corrected chi connectivity index (χ3v) is 3.07. The van der Waals surface area contributed by atoms with Gasteiger partial charge in [0.2, 0.25) is 6.41 Å². The van der Waals surface area contributed by atoms with E-state index in [0.717, 1.165) is 4.90 Å². The van der Waals surface area contributed by atoms with Crippen molar-refractivity contribution in [3.05, 3.63) is 12.3 Å². The fraction of sp³-hybridized carbons (Fsp3) is 0.667. The standard InChI is InChI=1S/C12H20FN3O3/c1-12(4-6-17)7-9(13)11(19-12)16(8-18)5-3-10(14)15-2/h3,5,8-9,11,17H,4,6-7H2,1-2H3,(H2,14,15)/b5-3-/t9?,11?,12-/m1/s1. The van der Waals surface area contributed by atoms with Crippen LogP contribution in [0.5, 0.6) is 0 Å². The van der Waals surface area contributed by atoms with Gasteiger partial charge in [-0.1, -0.05) is 0 Å². The first-order chi connectivity index (χ1) is 8.95. The molecule has 6 nitrogen and oxygen atoms in total. The molecule has 3 atom stereocenters. The number of aliphatic imine (C=N–C) groups is 1. The van der Waals surface area contributed by atoms with E-state index >= 15 is 0 Å². The number of ether oxygens (including phenoxy) is 1. The predicted octanol–water partition coefficient (Wildman–Crippen LogP) is 0.171. The van der Waals surface area contributed by atoms with E-state index in [1.54, 1.807) is 6.92 Å². The first-order valence-electron chi connectivity index (χ1n) is 6.01. The molecule has 1 aliphatic heterocycles. The molecule has 0 radical (unpaired) electrons. The number of carbonyl (C=O) groups excluding carboxylic acids is 1. The van der Waals surface area contributed by atoms with Crippen molar-refractivity contribution in [1.82, 2.24) is 4.90 Å². The Balaban J connectivity index is 2.77. The van der Waals surface area contributed by atoms with Gasteiger partial charge in [-0.3, -0.25) is 14.7 Å². The Morgan fingerprint density at radius 2 is 2.42 bits per heavy atom. The zero-order chi connectivity index (χ0) is 14.5. The summed E-state index contributed by atoms with van der Waals surface area (Å²) >= 11 is 0. The zero-order valence-electron chi connectivity index (χ0n) is 11.1. The molecule has 0 aromatic rings. The smallest absolute Gasteiger partial charge is 0.215 e. The highest BCUT2D eigenvalue weighted by Gasteiger charge is 2.45. The van der Waals surface area contributed by atoms with Crippen molar-refractivity contribution < 1.29 is 19.0 Å². The van der Waals surface area contributed by atoms with Crippen LogP contribution in [-0.4, -0.2) is 53.9 Å². The summed E-state index contributed by atoms with van der Waals surface area (Å²) in [5.41, 5.74) is 4.70. The summed E-state index contributed by atoms with van der Waals surface area (Å²) < 4.78 is 19.5. The number of hydrogen-bond acceptors (Lipinski definition) is 4. The van der Waals surface area contributed by atoms with Crippen LogP contribution >= 0.6 is 0 Å². The number of hydrogen-bond donors (Lipinski definition) is 2. The molecule has 2 unspecified atom stereocenters. The maximum absolute atomic E-state index is 13.9. The van der Waals surface area contributed by atoms with E-state index in [2.05, 4.69) is 4.99 Å². The van der Waals surface area contributed by atoms with Crippen molar-refractivity contribution in [3.8, 4) is 0 Å². The van der Waals surface area contributed by atoms with Crippen molar-refractivity contribution in [2.24, 2.45) is 10.7 Å². The van der Waals surface area contributed by atoms with E-state index in [1.165, 1.54) is 19.3 Å². The second kappa shape index (κ2) is 6.63. The molecule has 1 fully saturated rings. The van der Waals surface area contributed by atoms with Crippen LogP contribution in [0.15, 0.2) is 17.3 Å². The van der Waals surface area contributed by atoms with Gasteiger partial charge in [-0.05, 0) is 19.4 Å². The fourth-order valence-corrected chi connectivity index (χ4v) is 1.99. The van der Waals surface area contributed by atoms with Crippen LogP contribution in [0.25, 0.3) is 0 Å². The number of nitrogens with two attached hydrogens (primary N) is 1. The quantitative estimate of drug-likeness (QED) is 0.410. The molecule has 1 rings (SSSR count). The molecular formula is C12H20FN3O3. The first kappa shape index (κ1) is 15.6. The van der Waals surface area contributed by atoms with Crippen LogP contribution in [0.1, 0.15) is 19.8 Å². The third kappa shape index (κ3) is 4.00. The number of amidine groups is 1. The van der Waals surface area contributed by atoms with Gasteiger partial charge in [0.25, 0.3) is 0 Å². The van der Waals surface area contributed by atoms with E-state index in [9.17, 15) is 9.18 Å². The number of alkyl halides is 1. The zero-order valence-corrected chi connectivity index (χ0v) is 11.1. The molecule has 0 bridgehead atoms. The first-order valence-corrected chi connectivity index (χ1v) is 6.01. The Labute approximate surface area is 111 Å². The Bertz CT molecular complexity index is 375. The van der Waals surface area contributed by atoms with Crippen molar-refractivity contribution in [1.29, 1.82) is 0 Å². The largest absolute Gasteiger partial charge is 0.396 e. The molecule has 0 aromatic carbocycles. The molecule has 108 valence electrons. The van der Waals surface area contributed by atoms with Gasteiger partial charge >= 0.3 is 0 Å². The number of aliphatic hydroxyl groups excluding tert-OH is 1. The minimum atomic E-state index is -1.31. The highest BCUT2D eigenvalue weighted by molar-refractivity contribution is 5.91. The number of carbonyl (C=O) groups is 1. The summed E-state index contributed by atoms with van der Waals surface area (Å²) in [6.45, 7) is 1.62.